The van der Waals surface area contributed by atoms with Gasteiger partial charge in [-0.1, -0.05) is 27.5 Å². The molecule has 0 saturated heterocycles. The van der Waals surface area contributed by atoms with Gasteiger partial charge in [0, 0.05) is 10.5 Å². The number of halogens is 4. The molecule has 0 radical (unpaired) electrons. The Hall–Kier alpha value is -1.27. The van der Waals surface area contributed by atoms with E-state index in [2.05, 4.69) is 31.2 Å². The molecule has 0 aliphatic heterocycles. The third-order valence-corrected chi connectivity index (χ3v) is 2.56. The summed E-state index contributed by atoms with van der Waals surface area (Å²) in [5.74, 6) is -1.25. The lowest BCUT2D eigenvalue weighted by Crippen LogP contribution is -1.99. The molecule has 0 fully saturated rings. The average Bonchev–Trinajstić information content (AvgIpc) is 2.23. The van der Waals surface area contributed by atoms with Gasteiger partial charge in [0.05, 0.1) is 0 Å². The van der Waals surface area contributed by atoms with Crippen molar-refractivity contribution in [2.45, 2.75) is 0 Å². The molecule has 7 heteroatoms. The maximum atomic E-state index is 13.5. The van der Waals surface area contributed by atoms with Crippen LogP contribution in [0.3, 0.4) is 0 Å². The normalized spacial score (nSPS) is 10.4. The Labute approximate surface area is 109 Å². The lowest BCUT2D eigenvalue weighted by atomic mass is 10.3. The molecule has 0 aliphatic rings. The molecule has 1 aromatic carbocycles. The standard InChI is InChI=1S/C10H5BrClF2N3/c11-5-1-6(13)10(7(14)2-5)17-9-3-8(12)15-4-16-9/h1-4H,(H,15,16,17). The third-order valence-electron chi connectivity index (χ3n) is 1.89. The Morgan fingerprint density at radius 2 is 1.76 bits per heavy atom. The van der Waals surface area contributed by atoms with E-state index in [0.29, 0.717) is 4.47 Å². The van der Waals surface area contributed by atoms with Crippen LogP contribution in [0, 0.1) is 11.6 Å². The monoisotopic (exact) mass is 319 g/mol. The molecule has 0 aliphatic carbocycles. The summed E-state index contributed by atoms with van der Waals surface area (Å²) in [6, 6.07) is 3.66. The Morgan fingerprint density at radius 1 is 1.12 bits per heavy atom. The van der Waals surface area contributed by atoms with Crippen LogP contribution in [0.2, 0.25) is 5.15 Å². The molecule has 0 bridgehead atoms. The quantitative estimate of drug-likeness (QED) is 0.852. The Kier molecular flexibility index (Phi) is 3.54. The molecule has 0 saturated carbocycles. The van der Waals surface area contributed by atoms with Gasteiger partial charge < -0.3 is 5.32 Å². The topological polar surface area (TPSA) is 37.8 Å². The fourth-order valence-corrected chi connectivity index (χ4v) is 1.74. The first-order chi connectivity index (χ1) is 8.06. The zero-order chi connectivity index (χ0) is 12.4. The van der Waals surface area contributed by atoms with Crippen LogP contribution in [0.5, 0.6) is 0 Å². The Morgan fingerprint density at radius 3 is 2.35 bits per heavy atom. The molecule has 1 aromatic heterocycles. The first-order valence-corrected chi connectivity index (χ1v) is 5.62. The molecule has 3 nitrogen and oxygen atoms in total. The number of hydrogen-bond donors (Lipinski definition) is 1. The summed E-state index contributed by atoms with van der Waals surface area (Å²) < 4.78 is 27.3. The third kappa shape index (κ3) is 2.89. The lowest BCUT2D eigenvalue weighted by molar-refractivity contribution is 0.589. The summed E-state index contributed by atoms with van der Waals surface area (Å²) in [6.45, 7) is 0. The molecule has 2 rings (SSSR count). The second kappa shape index (κ2) is 4.93. The molecule has 88 valence electrons. The highest BCUT2D eigenvalue weighted by atomic mass is 79.9. The summed E-state index contributed by atoms with van der Waals surface area (Å²) in [5, 5.41) is 2.68. The largest absolute Gasteiger partial charge is 0.335 e. The van der Waals surface area contributed by atoms with Gasteiger partial charge in [-0.05, 0) is 12.1 Å². The summed E-state index contributed by atoms with van der Waals surface area (Å²) in [4.78, 5) is 7.45. The van der Waals surface area contributed by atoms with Crippen LogP contribution >= 0.6 is 27.5 Å². The number of nitrogens with zero attached hydrogens (tertiary/aromatic N) is 2. The Bertz CT molecular complexity index is 542. The molecule has 2 aromatic rings. The number of hydrogen-bond acceptors (Lipinski definition) is 3. The van der Waals surface area contributed by atoms with Gasteiger partial charge in [-0.2, -0.15) is 0 Å². The molecule has 0 spiro atoms. The second-order valence-electron chi connectivity index (χ2n) is 3.10. The van der Waals surface area contributed by atoms with Crippen molar-refractivity contribution in [2.75, 3.05) is 5.32 Å². The van der Waals surface area contributed by atoms with Gasteiger partial charge in [0.25, 0.3) is 0 Å². The van der Waals surface area contributed by atoms with Crippen molar-refractivity contribution < 1.29 is 8.78 Å². The molecule has 17 heavy (non-hydrogen) atoms. The van der Waals surface area contributed by atoms with Crippen molar-refractivity contribution in [1.82, 2.24) is 9.97 Å². The van der Waals surface area contributed by atoms with Crippen molar-refractivity contribution >= 4 is 39.0 Å². The van der Waals surface area contributed by atoms with E-state index in [9.17, 15) is 8.78 Å². The maximum Gasteiger partial charge on any atom is 0.150 e. The summed E-state index contributed by atoms with van der Waals surface area (Å²) >= 11 is 8.62. The van der Waals surface area contributed by atoms with Crippen LogP contribution in [-0.4, -0.2) is 9.97 Å². The Balaban J connectivity index is 2.36. The molecule has 1 N–H and O–H groups in total. The molecule has 1 heterocycles. The lowest BCUT2D eigenvalue weighted by Gasteiger charge is -2.08. The molecule has 0 unspecified atom stereocenters. The summed E-state index contributed by atoms with van der Waals surface area (Å²) in [5.41, 5.74) is -0.289. The predicted molar refractivity (Wildman–Crippen MR) is 64.4 cm³/mol. The number of benzene rings is 1. The minimum absolute atomic E-state index is 0.181. The van der Waals surface area contributed by atoms with E-state index < -0.39 is 11.6 Å². The second-order valence-corrected chi connectivity index (χ2v) is 4.40. The summed E-state index contributed by atoms with van der Waals surface area (Å²) in [6.07, 6.45) is 1.19. The van der Waals surface area contributed by atoms with Crippen LogP contribution in [0.15, 0.2) is 29.0 Å². The van der Waals surface area contributed by atoms with Gasteiger partial charge in [0.1, 0.15) is 23.0 Å². The minimum atomic E-state index is -0.730. The first kappa shape index (κ1) is 12.2. The zero-order valence-corrected chi connectivity index (χ0v) is 10.6. The first-order valence-electron chi connectivity index (χ1n) is 4.45. The molecule has 0 amide bonds. The highest BCUT2D eigenvalue weighted by Gasteiger charge is 2.11. The van der Waals surface area contributed by atoms with Crippen LogP contribution in [0.4, 0.5) is 20.3 Å². The van der Waals surface area contributed by atoms with Crippen molar-refractivity contribution in [3.8, 4) is 0 Å². The summed E-state index contributed by atoms with van der Waals surface area (Å²) in [7, 11) is 0. The fraction of sp³-hybridized carbons (Fsp3) is 0. The van der Waals surface area contributed by atoms with Crippen molar-refractivity contribution in [3.63, 3.8) is 0 Å². The van der Waals surface area contributed by atoms with Crippen LogP contribution in [0.1, 0.15) is 0 Å². The molecular weight excluding hydrogens is 315 g/mol. The zero-order valence-electron chi connectivity index (χ0n) is 8.22. The smallest absolute Gasteiger partial charge is 0.150 e. The maximum absolute atomic E-state index is 13.5. The SMILES string of the molecule is Fc1cc(Br)cc(F)c1Nc1cc(Cl)ncn1. The van der Waals surface area contributed by atoms with E-state index in [4.69, 9.17) is 11.6 Å². The number of anilines is 2. The van der Waals surface area contributed by atoms with Gasteiger partial charge in [-0.25, -0.2) is 18.7 Å². The van der Waals surface area contributed by atoms with Gasteiger partial charge in [0.15, 0.2) is 11.6 Å². The number of aromatic nitrogens is 2. The highest BCUT2D eigenvalue weighted by molar-refractivity contribution is 9.10. The van der Waals surface area contributed by atoms with Gasteiger partial charge in [0.2, 0.25) is 0 Å². The van der Waals surface area contributed by atoms with Crippen molar-refractivity contribution in [1.29, 1.82) is 0 Å². The van der Waals surface area contributed by atoms with Crippen molar-refractivity contribution in [3.05, 3.63) is 45.8 Å². The number of rotatable bonds is 2. The van der Waals surface area contributed by atoms with Crippen LogP contribution in [0.25, 0.3) is 0 Å². The molecule has 0 atom stereocenters. The van der Waals surface area contributed by atoms with Gasteiger partial charge >= 0.3 is 0 Å². The van der Waals surface area contributed by atoms with E-state index in [1.54, 1.807) is 0 Å². The van der Waals surface area contributed by atoms with Crippen LogP contribution in [-0.2, 0) is 0 Å². The van der Waals surface area contributed by atoms with Crippen LogP contribution < -0.4 is 5.32 Å². The highest BCUT2D eigenvalue weighted by Crippen LogP contribution is 2.26. The van der Waals surface area contributed by atoms with E-state index >= 15 is 0 Å². The molecular formula is C10H5BrClF2N3. The van der Waals surface area contributed by atoms with E-state index in [0.717, 1.165) is 12.1 Å². The van der Waals surface area contributed by atoms with E-state index in [1.165, 1.54) is 12.4 Å². The fourth-order valence-electron chi connectivity index (χ4n) is 1.19. The minimum Gasteiger partial charge on any atom is -0.335 e. The average molecular weight is 321 g/mol. The van der Waals surface area contributed by atoms with E-state index in [-0.39, 0.29) is 16.7 Å². The van der Waals surface area contributed by atoms with Gasteiger partial charge in [-0.15, -0.1) is 0 Å². The van der Waals surface area contributed by atoms with Crippen molar-refractivity contribution in [2.24, 2.45) is 0 Å². The number of nitrogens with one attached hydrogen (secondary N) is 1. The van der Waals surface area contributed by atoms with E-state index in [1.807, 2.05) is 0 Å². The predicted octanol–water partition coefficient (Wildman–Crippen LogP) is 3.91. The van der Waals surface area contributed by atoms with Gasteiger partial charge in [-0.3, -0.25) is 0 Å².